The molecule has 0 radical (unpaired) electrons. The van der Waals surface area contributed by atoms with Crippen LogP contribution in [-0.4, -0.2) is 25.7 Å². The Bertz CT molecular complexity index is 1190. The Hall–Kier alpha value is -3.45. The summed E-state index contributed by atoms with van der Waals surface area (Å²) in [7, 11) is 0. The third-order valence-corrected chi connectivity index (χ3v) is 4.57. The van der Waals surface area contributed by atoms with Crippen LogP contribution in [0.4, 0.5) is 15.0 Å². The van der Waals surface area contributed by atoms with Gasteiger partial charge in [0.2, 0.25) is 0 Å². The smallest absolute Gasteiger partial charge is 0.410 e. The molecule has 0 unspecified atom stereocenters. The van der Waals surface area contributed by atoms with Gasteiger partial charge in [-0.05, 0) is 41.5 Å². The lowest BCUT2D eigenvalue weighted by Crippen LogP contribution is -2.08. The van der Waals surface area contributed by atoms with Crippen LogP contribution in [0.2, 0.25) is 5.02 Å². The number of halogens is 2. The molecule has 28 heavy (non-hydrogen) atoms. The lowest BCUT2D eigenvalue weighted by Gasteiger charge is -2.09. The third-order valence-electron chi connectivity index (χ3n) is 4.26. The van der Waals surface area contributed by atoms with Crippen molar-refractivity contribution in [1.29, 1.82) is 0 Å². The van der Waals surface area contributed by atoms with Crippen molar-refractivity contribution in [2.24, 2.45) is 0 Å². The van der Waals surface area contributed by atoms with Crippen LogP contribution in [0.15, 0.2) is 61.1 Å². The topological polar surface area (TPSA) is 80.0 Å². The van der Waals surface area contributed by atoms with E-state index < -0.39 is 6.09 Å². The number of pyridine rings is 1. The molecule has 1 amide bonds. The quantitative estimate of drug-likeness (QED) is 0.507. The largest absolute Gasteiger partial charge is 0.465 e. The fourth-order valence-electron chi connectivity index (χ4n) is 3.02. The lowest BCUT2D eigenvalue weighted by atomic mass is 10.1. The van der Waals surface area contributed by atoms with Gasteiger partial charge in [-0.15, -0.1) is 0 Å². The van der Waals surface area contributed by atoms with Crippen LogP contribution >= 0.6 is 11.6 Å². The second kappa shape index (κ2) is 7.28. The zero-order valence-corrected chi connectivity index (χ0v) is 15.2. The van der Waals surface area contributed by atoms with E-state index in [1.165, 1.54) is 18.3 Å². The van der Waals surface area contributed by atoms with Crippen LogP contribution < -0.4 is 5.32 Å². The van der Waals surface area contributed by atoms with Gasteiger partial charge in [0.05, 0.1) is 22.4 Å². The zero-order chi connectivity index (χ0) is 19.7. The molecule has 2 N–H and O–H groups in total. The number of carbonyl (C=O) groups is 1. The van der Waals surface area contributed by atoms with Gasteiger partial charge in [-0.2, -0.15) is 0 Å². The third kappa shape index (κ3) is 3.65. The van der Waals surface area contributed by atoms with Crippen LogP contribution in [-0.2, 0) is 6.54 Å². The standard InChI is InChI=1S/C20H14ClFN4O2/c21-16-9-23-19(25-20(27)28)8-15(16)13-4-5-17-18(7-13)26(11-24-17)10-12-2-1-3-14(22)6-12/h1-9,11H,10H2,(H,23,25)(H,27,28). The van der Waals surface area contributed by atoms with Crippen molar-refractivity contribution >= 4 is 34.5 Å². The van der Waals surface area contributed by atoms with Gasteiger partial charge in [-0.25, -0.2) is 19.2 Å². The minimum absolute atomic E-state index is 0.181. The van der Waals surface area contributed by atoms with Crippen LogP contribution in [0, 0.1) is 5.82 Å². The first-order valence-electron chi connectivity index (χ1n) is 8.35. The summed E-state index contributed by atoms with van der Waals surface area (Å²) in [6.45, 7) is 0.466. The number of nitrogens with zero attached hydrogens (tertiary/aromatic N) is 3. The van der Waals surface area contributed by atoms with Gasteiger partial charge in [-0.1, -0.05) is 29.8 Å². The van der Waals surface area contributed by atoms with Crippen molar-refractivity contribution in [3.05, 3.63) is 77.5 Å². The van der Waals surface area contributed by atoms with Gasteiger partial charge in [0.15, 0.2) is 0 Å². The van der Waals surface area contributed by atoms with E-state index in [9.17, 15) is 9.18 Å². The maximum atomic E-state index is 13.5. The number of amides is 1. The van der Waals surface area contributed by atoms with Gasteiger partial charge in [-0.3, -0.25) is 5.32 Å². The molecule has 0 aliphatic carbocycles. The molecule has 2 aromatic carbocycles. The molecular weight excluding hydrogens is 383 g/mol. The lowest BCUT2D eigenvalue weighted by molar-refractivity contribution is 0.209. The second-order valence-corrected chi connectivity index (χ2v) is 6.59. The number of nitrogens with one attached hydrogen (secondary N) is 1. The molecule has 0 aliphatic heterocycles. The van der Waals surface area contributed by atoms with Crippen LogP contribution in [0.5, 0.6) is 0 Å². The van der Waals surface area contributed by atoms with Crippen molar-refractivity contribution in [1.82, 2.24) is 14.5 Å². The molecule has 2 heterocycles. The number of aromatic nitrogens is 3. The monoisotopic (exact) mass is 396 g/mol. The highest BCUT2D eigenvalue weighted by atomic mass is 35.5. The molecular formula is C20H14ClFN4O2. The maximum absolute atomic E-state index is 13.5. The van der Waals surface area contributed by atoms with Gasteiger partial charge < -0.3 is 9.67 Å². The van der Waals surface area contributed by atoms with Crippen LogP contribution in [0.3, 0.4) is 0 Å². The first-order chi connectivity index (χ1) is 13.5. The molecule has 0 fully saturated rings. The van der Waals surface area contributed by atoms with Crippen molar-refractivity contribution < 1.29 is 14.3 Å². The van der Waals surface area contributed by atoms with E-state index in [2.05, 4.69) is 15.3 Å². The summed E-state index contributed by atoms with van der Waals surface area (Å²) in [6, 6.07) is 13.6. The molecule has 0 atom stereocenters. The second-order valence-electron chi connectivity index (χ2n) is 6.19. The van der Waals surface area contributed by atoms with E-state index in [-0.39, 0.29) is 11.6 Å². The summed E-state index contributed by atoms with van der Waals surface area (Å²) in [6.07, 6.45) is 1.89. The number of fused-ring (bicyclic) bond motifs is 1. The van der Waals surface area contributed by atoms with E-state index >= 15 is 0 Å². The number of rotatable bonds is 4. The fraction of sp³-hybridized carbons (Fsp3) is 0.0500. The zero-order valence-electron chi connectivity index (χ0n) is 14.4. The Balaban J connectivity index is 1.75. The van der Waals surface area contributed by atoms with Crippen LogP contribution in [0.1, 0.15) is 5.56 Å². The normalized spacial score (nSPS) is 10.9. The van der Waals surface area contributed by atoms with E-state index in [4.69, 9.17) is 16.7 Å². The van der Waals surface area contributed by atoms with Crippen molar-refractivity contribution in [3.8, 4) is 11.1 Å². The highest BCUT2D eigenvalue weighted by Gasteiger charge is 2.11. The molecule has 0 saturated carbocycles. The maximum Gasteiger partial charge on any atom is 0.410 e. The number of hydrogen-bond donors (Lipinski definition) is 2. The van der Waals surface area contributed by atoms with E-state index in [0.29, 0.717) is 17.1 Å². The van der Waals surface area contributed by atoms with Gasteiger partial charge >= 0.3 is 6.09 Å². The number of carboxylic acid groups (broad SMARTS) is 1. The van der Waals surface area contributed by atoms with Crippen molar-refractivity contribution in [3.63, 3.8) is 0 Å². The van der Waals surface area contributed by atoms with E-state index in [1.807, 2.05) is 28.8 Å². The summed E-state index contributed by atoms with van der Waals surface area (Å²) >= 11 is 6.28. The van der Waals surface area contributed by atoms with E-state index in [1.54, 1.807) is 18.5 Å². The summed E-state index contributed by atoms with van der Waals surface area (Å²) in [4.78, 5) is 19.2. The fourth-order valence-corrected chi connectivity index (χ4v) is 3.23. The predicted molar refractivity (Wildman–Crippen MR) is 105 cm³/mol. The van der Waals surface area contributed by atoms with Gasteiger partial charge in [0.1, 0.15) is 11.6 Å². The molecule has 4 rings (SSSR count). The average molecular weight is 397 g/mol. The molecule has 0 aliphatic rings. The Morgan fingerprint density at radius 3 is 2.82 bits per heavy atom. The summed E-state index contributed by atoms with van der Waals surface area (Å²) in [5.41, 5.74) is 3.88. The van der Waals surface area contributed by atoms with Crippen molar-refractivity contribution in [2.45, 2.75) is 6.54 Å². The predicted octanol–water partition coefficient (Wildman–Crippen LogP) is 5.03. The molecule has 140 valence electrons. The Kier molecular flexibility index (Phi) is 4.67. The average Bonchev–Trinajstić information content (AvgIpc) is 3.05. The molecule has 6 nitrogen and oxygen atoms in total. The summed E-state index contributed by atoms with van der Waals surface area (Å²) < 4.78 is 15.4. The molecule has 0 saturated heterocycles. The van der Waals surface area contributed by atoms with Gasteiger partial charge in [0, 0.05) is 18.3 Å². The van der Waals surface area contributed by atoms with Gasteiger partial charge in [0.25, 0.3) is 0 Å². The first kappa shape index (κ1) is 17.9. The number of anilines is 1. The molecule has 2 aromatic heterocycles. The molecule has 8 heteroatoms. The first-order valence-corrected chi connectivity index (χ1v) is 8.72. The summed E-state index contributed by atoms with van der Waals surface area (Å²) in [5.74, 6) is -0.107. The Morgan fingerprint density at radius 2 is 2.04 bits per heavy atom. The minimum atomic E-state index is -1.20. The number of benzene rings is 2. The molecule has 0 bridgehead atoms. The SMILES string of the molecule is O=C(O)Nc1cc(-c2ccc3ncn(Cc4cccc(F)c4)c3c2)c(Cl)cn1. The molecule has 0 spiro atoms. The van der Waals surface area contributed by atoms with E-state index in [0.717, 1.165) is 22.2 Å². The summed E-state index contributed by atoms with van der Waals surface area (Å²) in [5, 5.41) is 11.5. The Morgan fingerprint density at radius 1 is 1.18 bits per heavy atom. The number of imidazole rings is 1. The van der Waals surface area contributed by atoms with Crippen molar-refractivity contribution in [2.75, 3.05) is 5.32 Å². The van der Waals surface area contributed by atoms with Crippen LogP contribution in [0.25, 0.3) is 22.2 Å². The highest BCUT2D eigenvalue weighted by Crippen LogP contribution is 2.31. The highest BCUT2D eigenvalue weighted by molar-refractivity contribution is 6.33. The Labute approximate surface area is 164 Å². The molecule has 4 aromatic rings. The number of hydrogen-bond acceptors (Lipinski definition) is 3. The minimum Gasteiger partial charge on any atom is -0.465 e.